The minimum Gasteiger partial charge on any atom is -0.421 e. The van der Waals surface area contributed by atoms with Gasteiger partial charge in [0, 0.05) is 37.0 Å². The number of nitrogens with one attached hydrogen (secondary N) is 2. The number of hydrogen-bond donors (Lipinski definition) is 2. The first kappa shape index (κ1) is 14.8. The fraction of sp³-hybridized carbons (Fsp3) is 0.200. The lowest BCUT2D eigenvalue weighted by molar-refractivity contribution is 0.262. The third-order valence-electron chi connectivity index (χ3n) is 3.11. The van der Waals surface area contributed by atoms with Crippen LogP contribution in [0.15, 0.2) is 40.9 Å². The molecule has 0 aliphatic heterocycles. The van der Waals surface area contributed by atoms with Crippen molar-refractivity contribution in [2.45, 2.75) is 13.3 Å². The molecular formula is C15H16N6O2. The van der Waals surface area contributed by atoms with E-state index in [2.05, 4.69) is 25.9 Å². The molecule has 8 heteroatoms. The van der Waals surface area contributed by atoms with Crippen LogP contribution in [0, 0.1) is 0 Å². The Balaban J connectivity index is 1.64. The number of urea groups is 1. The monoisotopic (exact) mass is 312 g/mol. The molecule has 2 aromatic heterocycles. The van der Waals surface area contributed by atoms with Gasteiger partial charge in [0.15, 0.2) is 5.82 Å². The van der Waals surface area contributed by atoms with Crippen LogP contribution in [0.4, 0.5) is 16.3 Å². The maximum absolute atomic E-state index is 11.9. The van der Waals surface area contributed by atoms with E-state index in [-0.39, 0.29) is 6.03 Å². The van der Waals surface area contributed by atoms with Crippen molar-refractivity contribution in [2.24, 2.45) is 7.05 Å². The number of hydrogen-bond acceptors (Lipinski definition) is 5. The summed E-state index contributed by atoms with van der Waals surface area (Å²) in [4.78, 5) is 11.9. The number of aromatic nitrogens is 4. The van der Waals surface area contributed by atoms with Gasteiger partial charge in [0.25, 0.3) is 0 Å². The first-order valence-electron chi connectivity index (χ1n) is 7.14. The summed E-state index contributed by atoms with van der Waals surface area (Å²) >= 11 is 0. The van der Waals surface area contributed by atoms with E-state index in [1.54, 1.807) is 36.1 Å². The molecule has 23 heavy (non-hydrogen) atoms. The molecule has 0 fully saturated rings. The number of amides is 2. The molecule has 0 aliphatic carbocycles. The van der Waals surface area contributed by atoms with Crippen molar-refractivity contribution in [2.75, 3.05) is 10.6 Å². The van der Waals surface area contributed by atoms with Gasteiger partial charge in [-0.3, -0.25) is 10.00 Å². The summed E-state index contributed by atoms with van der Waals surface area (Å²) in [5.74, 6) is 1.54. The van der Waals surface area contributed by atoms with Crippen LogP contribution in [0.5, 0.6) is 0 Å². The van der Waals surface area contributed by atoms with Gasteiger partial charge in [0.2, 0.25) is 11.8 Å². The van der Waals surface area contributed by atoms with E-state index in [4.69, 9.17) is 4.42 Å². The predicted octanol–water partition coefficient (Wildman–Crippen LogP) is 2.68. The Kier molecular flexibility index (Phi) is 4.05. The van der Waals surface area contributed by atoms with Crippen LogP contribution in [-0.2, 0) is 13.5 Å². The maximum atomic E-state index is 11.9. The number of carbonyl (C=O) groups excluding carboxylic acids is 1. The topological polar surface area (TPSA) is 97.9 Å². The number of anilines is 2. The van der Waals surface area contributed by atoms with Crippen molar-refractivity contribution in [3.8, 4) is 11.5 Å². The van der Waals surface area contributed by atoms with Crippen molar-refractivity contribution in [3.05, 3.63) is 42.4 Å². The molecular weight excluding hydrogens is 296 g/mol. The molecule has 3 aromatic rings. The van der Waals surface area contributed by atoms with E-state index in [1.807, 2.05) is 19.1 Å². The standard InChI is InChI=1S/C15H16N6O2/c1-3-13-18-19-14(23-13)10-4-6-11(7-5-10)16-15(22)17-12-8-9-21(2)20-12/h4-9H,3H2,1-2H3,(H2,16,17,20,22). The van der Waals surface area contributed by atoms with Crippen LogP contribution in [0.25, 0.3) is 11.5 Å². The van der Waals surface area contributed by atoms with E-state index >= 15 is 0 Å². The Morgan fingerprint density at radius 1 is 1.17 bits per heavy atom. The number of rotatable bonds is 4. The summed E-state index contributed by atoms with van der Waals surface area (Å²) in [6, 6.07) is 8.50. The second kappa shape index (κ2) is 6.30. The molecule has 8 nitrogen and oxygen atoms in total. The largest absolute Gasteiger partial charge is 0.421 e. The lowest BCUT2D eigenvalue weighted by Crippen LogP contribution is -2.19. The van der Waals surface area contributed by atoms with Crippen molar-refractivity contribution in [1.29, 1.82) is 0 Å². The summed E-state index contributed by atoms with van der Waals surface area (Å²) in [5.41, 5.74) is 1.45. The molecule has 0 saturated heterocycles. The Bertz CT molecular complexity index is 805. The molecule has 2 amide bonds. The summed E-state index contributed by atoms with van der Waals surface area (Å²) in [7, 11) is 1.78. The second-order valence-electron chi connectivity index (χ2n) is 4.89. The summed E-state index contributed by atoms with van der Waals surface area (Å²) in [6.45, 7) is 1.95. The smallest absolute Gasteiger partial charge is 0.324 e. The first-order chi connectivity index (χ1) is 11.1. The average molecular weight is 312 g/mol. The summed E-state index contributed by atoms with van der Waals surface area (Å²) < 4.78 is 7.10. The van der Waals surface area contributed by atoms with Gasteiger partial charge in [-0.2, -0.15) is 5.10 Å². The molecule has 2 heterocycles. The van der Waals surface area contributed by atoms with E-state index in [1.165, 1.54) is 0 Å². The molecule has 0 saturated carbocycles. The Labute approximate surface area is 132 Å². The zero-order valence-corrected chi connectivity index (χ0v) is 12.8. The van der Waals surface area contributed by atoms with E-state index in [0.29, 0.717) is 29.7 Å². The number of carbonyl (C=O) groups is 1. The fourth-order valence-electron chi connectivity index (χ4n) is 1.97. The van der Waals surface area contributed by atoms with Crippen LogP contribution >= 0.6 is 0 Å². The van der Waals surface area contributed by atoms with Gasteiger partial charge >= 0.3 is 6.03 Å². The third-order valence-corrected chi connectivity index (χ3v) is 3.11. The van der Waals surface area contributed by atoms with Gasteiger partial charge in [-0.25, -0.2) is 4.79 Å². The van der Waals surface area contributed by atoms with Crippen LogP contribution < -0.4 is 10.6 Å². The molecule has 0 atom stereocenters. The molecule has 0 unspecified atom stereocenters. The third kappa shape index (κ3) is 3.54. The highest BCUT2D eigenvalue weighted by atomic mass is 16.4. The van der Waals surface area contributed by atoms with Gasteiger partial charge in [-0.05, 0) is 24.3 Å². The van der Waals surface area contributed by atoms with Gasteiger partial charge in [0.05, 0.1) is 0 Å². The molecule has 0 radical (unpaired) electrons. The molecule has 0 spiro atoms. The Hall–Kier alpha value is -3.16. The maximum Gasteiger partial charge on any atom is 0.324 e. The van der Waals surface area contributed by atoms with E-state index in [0.717, 1.165) is 5.56 Å². The Morgan fingerprint density at radius 2 is 1.96 bits per heavy atom. The number of aryl methyl sites for hydroxylation is 2. The highest BCUT2D eigenvalue weighted by molar-refractivity contribution is 5.99. The van der Waals surface area contributed by atoms with Gasteiger partial charge < -0.3 is 9.73 Å². The molecule has 118 valence electrons. The van der Waals surface area contributed by atoms with E-state index in [9.17, 15) is 4.79 Å². The predicted molar refractivity (Wildman–Crippen MR) is 85.0 cm³/mol. The zero-order valence-electron chi connectivity index (χ0n) is 12.8. The SMILES string of the molecule is CCc1nnc(-c2ccc(NC(=O)Nc3ccn(C)n3)cc2)o1. The average Bonchev–Trinajstić information content (AvgIpc) is 3.17. The van der Waals surface area contributed by atoms with Crippen molar-refractivity contribution < 1.29 is 9.21 Å². The normalized spacial score (nSPS) is 10.5. The van der Waals surface area contributed by atoms with Crippen LogP contribution in [0.3, 0.4) is 0 Å². The van der Waals surface area contributed by atoms with Crippen molar-refractivity contribution >= 4 is 17.5 Å². The number of benzene rings is 1. The molecule has 3 rings (SSSR count). The van der Waals surface area contributed by atoms with Crippen molar-refractivity contribution in [1.82, 2.24) is 20.0 Å². The molecule has 0 aliphatic rings. The molecule has 1 aromatic carbocycles. The van der Waals surface area contributed by atoms with Gasteiger partial charge in [0.1, 0.15) is 0 Å². The second-order valence-corrected chi connectivity index (χ2v) is 4.89. The highest BCUT2D eigenvalue weighted by Crippen LogP contribution is 2.20. The van der Waals surface area contributed by atoms with Crippen LogP contribution in [-0.4, -0.2) is 26.0 Å². The quantitative estimate of drug-likeness (QED) is 0.772. The lowest BCUT2D eigenvalue weighted by Gasteiger charge is -2.05. The summed E-state index contributed by atoms with van der Waals surface area (Å²) in [6.07, 6.45) is 2.44. The minimum absolute atomic E-state index is 0.359. The zero-order chi connectivity index (χ0) is 16.2. The Morgan fingerprint density at radius 3 is 2.57 bits per heavy atom. The first-order valence-corrected chi connectivity index (χ1v) is 7.14. The van der Waals surface area contributed by atoms with Gasteiger partial charge in [-0.15, -0.1) is 10.2 Å². The highest BCUT2D eigenvalue weighted by Gasteiger charge is 2.08. The summed E-state index contributed by atoms with van der Waals surface area (Å²) in [5, 5.41) is 17.4. The molecule has 0 bridgehead atoms. The number of nitrogens with zero attached hydrogens (tertiary/aromatic N) is 4. The van der Waals surface area contributed by atoms with Crippen LogP contribution in [0.2, 0.25) is 0 Å². The van der Waals surface area contributed by atoms with Gasteiger partial charge in [-0.1, -0.05) is 6.92 Å². The van der Waals surface area contributed by atoms with Crippen LogP contribution in [0.1, 0.15) is 12.8 Å². The van der Waals surface area contributed by atoms with E-state index < -0.39 is 0 Å². The van der Waals surface area contributed by atoms with Crippen molar-refractivity contribution in [3.63, 3.8) is 0 Å². The minimum atomic E-state index is -0.359. The fourth-order valence-corrected chi connectivity index (χ4v) is 1.97. The molecule has 2 N–H and O–H groups in total. The lowest BCUT2D eigenvalue weighted by atomic mass is 10.2.